The van der Waals surface area contributed by atoms with Gasteiger partial charge in [-0.15, -0.1) is 0 Å². The normalized spacial score (nSPS) is 22.5. The van der Waals surface area contributed by atoms with Crippen LogP contribution in [-0.2, 0) is 32.2 Å². The Kier molecular flexibility index (Phi) is 9.50. The summed E-state index contributed by atoms with van der Waals surface area (Å²) in [5.74, 6) is -0.555. The lowest BCUT2D eigenvalue weighted by Crippen LogP contribution is -2.61. The highest BCUT2D eigenvalue weighted by molar-refractivity contribution is 5.69. The van der Waals surface area contributed by atoms with Crippen LogP contribution in [0.15, 0.2) is 48.5 Å². The SMILES string of the molecule is CCOC(=O)CC[C@]1([N+](=O)[O-])CC[C@@](CO[C@H](C)c2cc(C(F)(F)F)cc(C(F)(F)F)c2)(c2ccccc2)NC1. The van der Waals surface area contributed by atoms with Crippen molar-refractivity contribution in [2.24, 2.45) is 0 Å². The van der Waals surface area contributed by atoms with Gasteiger partial charge in [-0.25, -0.2) is 0 Å². The van der Waals surface area contributed by atoms with Crippen molar-refractivity contribution >= 4 is 5.97 Å². The fraction of sp³-hybridized carbons (Fsp3) is 0.519. The summed E-state index contributed by atoms with van der Waals surface area (Å²) >= 11 is 0. The van der Waals surface area contributed by atoms with E-state index in [0.717, 1.165) is 0 Å². The number of carbonyl (C=O) groups excluding carboxylic acids is 1. The first kappa shape index (κ1) is 31.3. The van der Waals surface area contributed by atoms with Crippen LogP contribution >= 0.6 is 0 Å². The van der Waals surface area contributed by atoms with Gasteiger partial charge in [-0.3, -0.25) is 20.2 Å². The van der Waals surface area contributed by atoms with Gasteiger partial charge in [0.1, 0.15) is 0 Å². The van der Waals surface area contributed by atoms with Crippen LogP contribution in [0.25, 0.3) is 0 Å². The van der Waals surface area contributed by atoms with Crippen molar-refractivity contribution in [3.63, 3.8) is 0 Å². The number of nitrogens with zero attached hydrogens (tertiary/aromatic N) is 1. The molecule has 2 aromatic rings. The molecule has 0 radical (unpaired) electrons. The van der Waals surface area contributed by atoms with E-state index in [1.165, 1.54) is 6.92 Å². The van der Waals surface area contributed by atoms with E-state index in [9.17, 15) is 41.3 Å². The fourth-order valence-electron chi connectivity index (χ4n) is 4.77. The largest absolute Gasteiger partial charge is 0.466 e. The number of nitrogens with one attached hydrogen (secondary N) is 1. The molecule has 1 N–H and O–H groups in total. The summed E-state index contributed by atoms with van der Waals surface area (Å²) in [5, 5.41) is 15.2. The number of hydrogen-bond acceptors (Lipinski definition) is 6. The lowest BCUT2D eigenvalue weighted by Gasteiger charge is -2.44. The average Bonchev–Trinajstić information content (AvgIpc) is 2.90. The number of piperidine rings is 1. The molecule has 3 atom stereocenters. The molecular weight excluding hydrogens is 546 g/mol. The standard InChI is InChI=1S/C27H30F6N2O5/c1-3-39-23(36)9-10-24(35(37)38)11-12-25(34-16-24,20-7-5-4-6-8-20)17-40-18(2)19-13-21(26(28,29)30)15-22(14-19)27(31,32)33/h4-8,13-15,18,34H,3,9-12,16-17H2,1-2H3/t18-,24+,25-/m1/s1. The second-order valence-electron chi connectivity index (χ2n) is 9.88. The maximum atomic E-state index is 13.4. The summed E-state index contributed by atoms with van der Waals surface area (Å²) in [5.41, 5.74) is -5.01. The van der Waals surface area contributed by atoms with Gasteiger partial charge in [0.05, 0.1) is 48.9 Å². The predicted octanol–water partition coefficient (Wildman–Crippen LogP) is 6.44. The number of nitro groups is 1. The topological polar surface area (TPSA) is 90.7 Å². The molecule has 2 aromatic carbocycles. The van der Waals surface area contributed by atoms with Crippen molar-refractivity contribution in [1.29, 1.82) is 0 Å². The first-order valence-electron chi connectivity index (χ1n) is 12.6. The molecule has 40 heavy (non-hydrogen) atoms. The average molecular weight is 577 g/mol. The van der Waals surface area contributed by atoms with E-state index < -0.39 is 51.6 Å². The molecule has 1 aliphatic heterocycles. The van der Waals surface area contributed by atoms with Gasteiger partial charge in [-0.1, -0.05) is 30.3 Å². The molecule has 0 saturated carbocycles. The zero-order chi connectivity index (χ0) is 29.8. The van der Waals surface area contributed by atoms with Gasteiger partial charge in [-0.2, -0.15) is 26.3 Å². The van der Waals surface area contributed by atoms with E-state index in [4.69, 9.17) is 9.47 Å². The summed E-state index contributed by atoms with van der Waals surface area (Å²) in [4.78, 5) is 23.5. The second-order valence-corrected chi connectivity index (χ2v) is 9.88. The quantitative estimate of drug-likeness (QED) is 0.152. The summed E-state index contributed by atoms with van der Waals surface area (Å²) in [6.45, 7) is 2.78. The Morgan fingerprint density at radius 2 is 1.65 bits per heavy atom. The Bertz CT molecular complexity index is 1150. The molecule has 0 unspecified atom stereocenters. The first-order valence-corrected chi connectivity index (χ1v) is 12.6. The van der Waals surface area contributed by atoms with Gasteiger partial charge in [0.2, 0.25) is 5.54 Å². The molecule has 0 bridgehead atoms. The molecule has 220 valence electrons. The first-order chi connectivity index (χ1) is 18.6. The van der Waals surface area contributed by atoms with Crippen molar-refractivity contribution in [3.8, 4) is 0 Å². The number of benzene rings is 2. The molecule has 1 aliphatic rings. The maximum absolute atomic E-state index is 13.4. The predicted molar refractivity (Wildman–Crippen MR) is 132 cm³/mol. The smallest absolute Gasteiger partial charge is 0.416 e. The Morgan fingerprint density at radius 3 is 2.12 bits per heavy atom. The van der Waals surface area contributed by atoms with E-state index in [0.29, 0.717) is 17.7 Å². The third kappa shape index (κ3) is 7.30. The van der Waals surface area contributed by atoms with E-state index in [-0.39, 0.29) is 57.1 Å². The maximum Gasteiger partial charge on any atom is 0.416 e. The van der Waals surface area contributed by atoms with Gasteiger partial charge in [0.15, 0.2) is 0 Å². The van der Waals surface area contributed by atoms with Gasteiger partial charge >= 0.3 is 18.3 Å². The summed E-state index contributed by atoms with van der Waals surface area (Å²) < 4.78 is 90.9. The molecule has 7 nitrogen and oxygen atoms in total. The van der Waals surface area contributed by atoms with Gasteiger partial charge in [0, 0.05) is 17.8 Å². The van der Waals surface area contributed by atoms with Crippen LogP contribution in [-0.4, -0.2) is 36.2 Å². The van der Waals surface area contributed by atoms with E-state index in [1.54, 1.807) is 37.3 Å². The number of carbonyl (C=O) groups is 1. The Morgan fingerprint density at radius 1 is 1.05 bits per heavy atom. The Balaban J connectivity index is 1.86. The monoisotopic (exact) mass is 576 g/mol. The molecule has 0 spiro atoms. The molecule has 13 heteroatoms. The van der Waals surface area contributed by atoms with E-state index in [2.05, 4.69) is 5.32 Å². The molecule has 1 saturated heterocycles. The molecule has 1 fully saturated rings. The summed E-state index contributed by atoms with van der Waals surface area (Å²) in [6, 6.07) is 10.0. The highest BCUT2D eigenvalue weighted by atomic mass is 19.4. The van der Waals surface area contributed by atoms with Crippen LogP contribution in [0.1, 0.15) is 67.9 Å². The third-order valence-corrected chi connectivity index (χ3v) is 7.25. The van der Waals surface area contributed by atoms with Gasteiger partial charge in [-0.05, 0) is 49.6 Å². The van der Waals surface area contributed by atoms with Crippen LogP contribution in [0.5, 0.6) is 0 Å². The lowest BCUT2D eigenvalue weighted by molar-refractivity contribution is -0.573. The zero-order valence-electron chi connectivity index (χ0n) is 21.9. The highest BCUT2D eigenvalue weighted by Crippen LogP contribution is 2.41. The molecule has 3 rings (SSSR count). The van der Waals surface area contributed by atoms with Crippen LogP contribution in [0.2, 0.25) is 0 Å². The molecule has 0 aromatic heterocycles. The summed E-state index contributed by atoms with van der Waals surface area (Å²) in [7, 11) is 0. The Hall–Kier alpha value is -3.19. The third-order valence-electron chi connectivity index (χ3n) is 7.25. The second kappa shape index (κ2) is 12.1. The lowest BCUT2D eigenvalue weighted by atomic mass is 9.75. The number of rotatable bonds is 10. The number of halogens is 6. The van der Waals surface area contributed by atoms with Crippen molar-refractivity contribution < 1.29 is 45.5 Å². The minimum absolute atomic E-state index is 0.0425. The molecule has 0 amide bonds. The minimum Gasteiger partial charge on any atom is -0.466 e. The Labute approximate surface area is 227 Å². The number of ether oxygens (including phenoxy) is 2. The molecule has 1 heterocycles. The van der Waals surface area contributed by atoms with Crippen molar-refractivity contribution in [2.45, 2.75) is 69.1 Å². The van der Waals surface area contributed by atoms with Crippen LogP contribution in [0, 0.1) is 10.1 Å². The highest BCUT2D eigenvalue weighted by Gasteiger charge is 2.51. The van der Waals surface area contributed by atoms with Crippen LogP contribution < -0.4 is 5.32 Å². The van der Waals surface area contributed by atoms with Crippen LogP contribution in [0.4, 0.5) is 26.3 Å². The van der Waals surface area contributed by atoms with Crippen molar-refractivity contribution in [1.82, 2.24) is 5.32 Å². The number of hydrogen-bond donors (Lipinski definition) is 1. The molecular formula is C27H30F6N2O5. The zero-order valence-corrected chi connectivity index (χ0v) is 21.9. The number of esters is 1. The van der Waals surface area contributed by atoms with E-state index in [1.807, 2.05) is 0 Å². The van der Waals surface area contributed by atoms with E-state index >= 15 is 0 Å². The summed E-state index contributed by atoms with van der Waals surface area (Å²) in [6.07, 6.45) is -11.2. The van der Waals surface area contributed by atoms with Crippen LogP contribution in [0.3, 0.4) is 0 Å². The van der Waals surface area contributed by atoms with Gasteiger partial charge in [0.25, 0.3) is 0 Å². The minimum atomic E-state index is -5.00. The molecule has 0 aliphatic carbocycles. The van der Waals surface area contributed by atoms with Crippen molar-refractivity contribution in [2.75, 3.05) is 19.8 Å². The fourth-order valence-corrected chi connectivity index (χ4v) is 4.77. The van der Waals surface area contributed by atoms with Gasteiger partial charge < -0.3 is 9.47 Å². The van der Waals surface area contributed by atoms with Crippen molar-refractivity contribution in [3.05, 3.63) is 80.9 Å². The number of alkyl halides is 6.